The van der Waals surface area contributed by atoms with E-state index in [0.29, 0.717) is 0 Å². The van der Waals surface area contributed by atoms with Gasteiger partial charge in [-0.3, -0.25) is 0 Å². The first kappa shape index (κ1) is 22.4. The third-order valence-corrected chi connectivity index (χ3v) is 11.8. The molecule has 2 nitrogen and oxygen atoms in total. The van der Waals surface area contributed by atoms with Crippen molar-refractivity contribution in [2.75, 3.05) is 0 Å². The molecule has 0 spiro atoms. The number of nitrogens with zero attached hydrogens (tertiary/aromatic N) is 2. The Kier molecular flexibility index (Phi) is 12.0. The molecule has 0 aromatic rings. The van der Waals surface area contributed by atoms with E-state index in [1.54, 1.807) is 0 Å². The van der Waals surface area contributed by atoms with Crippen LogP contribution >= 0.6 is 0 Å². The molecular weight excluding hydrogens is 300 g/mol. The maximum Gasteiger partial charge on any atom is 0.0966 e. The highest BCUT2D eigenvalue weighted by atomic mass is 28.3. The molecule has 0 saturated heterocycles. The predicted molar refractivity (Wildman–Crippen MR) is 109 cm³/mol. The molecule has 0 aliphatic rings. The van der Waals surface area contributed by atoms with Crippen molar-refractivity contribution in [1.82, 2.24) is 9.13 Å². The van der Waals surface area contributed by atoms with Gasteiger partial charge in [-0.25, -0.2) is 0 Å². The van der Waals surface area contributed by atoms with E-state index in [2.05, 4.69) is 71.4 Å². The van der Waals surface area contributed by atoms with Crippen molar-refractivity contribution in [3.63, 3.8) is 0 Å². The van der Waals surface area contributed by atoms with Crippen LogP contribution in [0.4, 0.5) is 0 Å². The molecule has 134 valence electrons. The molecule has 0 heterocycles. The lowest BCUT2D eigenvalue weighted by Gasteiger charge is -2.39. The second-order valence-electron chi connectivity index (χ2n) is 7.53. The fourth-order valence-electron chi connectivity index (χ4n) is 3.30. The molecule has 0 fully saturated rings. The molecule has 22 heavy (non-hydrogen) atoms. The van der Waals surface area contributed by atoms with Crippen LogP contribution in [0.3, 0.4) is 0 Å². The van der Waals surface area contributed by atoms with Gasteiger partial charge in [-0.1, -0.05) is 62.3 Å². The SMILES string of the molecule is CCC(C)N([SiH2]C(C)[SiH2]N(C(C)CC)C(C)CC)C(C)CC. The summed E-state index contributed by atoms with van der Waals surface area (Å²) in [4.78, 5) is 0. The highest BCUT2D eigenvalue weighted by Gasteiger charge is 2.25. The molecule has 0 radical (unpaired) electrons. The smallest absolute Gasteiger partial charge is 0.0966 e. The largest absolute Gasteiger partial charge is 0.324 e. The predicted octanol–water partition coefficient (Wildman–Crippen LogP) is 3.72. The van der Waals surface area contributed by atoms with Gasteiger partial charge in [-0.2, -0.15) is 0 Å². The summed E-state index contributed by atoms with van der Waals surface area (Å²) in [6.45, 7) is 21.7. The van der Waals surface area contributed by atoms with E-state index in [1.807, 2.05) is 0 Å². The van der Waals surface area contributed by atoms with Gasteiger partial charge < -0.3 is 9.13 Å². The third kappa shape index (κ3) is 7.28. The summed E-state index contributed by atoms with van der Waals surface area (Å²) in [5.41, 5.74) is 0. The van der Waals surface area contributed by atoms with E-state index in [-0.39, 0.29) is 19.4 Å². The molecule has 0 amide bonds. The average Bonchev–Trinajstić information content (AvgIpc) is 2.54. The Morgan fingerprint density at radius 2 is 0.773 bits per heavy atom. The van der Waals surface area contributed by atoms with Gasteiger partial charge in [0.1, 0.15) is 0 Å². The monoisotopic (exact) mass is 344 g/mol. The van der Waals surface area contributed by atoms with Crippen molar-refractivity contribution >= 4 is 19.4 Å². The molecule has 0 aliphatic carbocycles. The summed E-state index contributed by atoms with van der Waals surface area (Å²) in [5, 5.41) is 1.01. The van der Waals surface area contributed by atoms with E-state index < -0.39 is 0 Å². The molecule has 0 bridgehead atoms. The molecule has 4 atom stereocenters. The highest BCUT2D eigenvalue weighted by molar-refractivity contribution is 6.55. The van der Waals surface area contributed by atoms with Gasteiger partial charge in [-0.15, -0.1) is 0 Å². The van der Waals surface area contributed by atoms with Gasteiger partial charge >= 0.3 is 0 Å². The van der Waals surface area contributed by atoms with Gasteiger partial charge in [0, 0.05) is 0 Å². The maximum atomic E-state index is 2.91. The Bertz CT molecular complexity index is 230. The zero-order chi connectivity index (χ0) is 17.3. The minimum absolute atomic E-state index is 0.136. The molecule has 0 saturated carbocycles. The standard InChI is InChI=1S/C18H44N2Si2/c1-10-14(5)19(15(6)11-2)21-18(9)22-20(16(7)12-3)17(8)13-4/h14-18H,10-13,21-22H2,1-9H3. The van der Waals surface area contributed by atoms with Crippen LogP contribution in [-0.4, -0.2) is 52.7 Å². The van der Waals surface area contributed by atoms with Gasteiger partial charge in [0.15, 0.2) is 0 Å². The first-order valence-corrected chi connectivity index (χ1v) is 12.7. The zero-order valence-corrected chi connectivity index (χ0v) is 19.9. The first-order chi connectivity index (χ1) is 10.3. The Labute approximate surface area is 146 Å². The summed E-state index contributed by atoms with van der Waals surface area (Å²) < 4.78 is 5.81. The summed E-state index contributed by atoms with van der Waals surface area (Å²) in [7, 11) is -0.272. The van der Waals surface area contributed by atoms with Crippen LogP contribution in [0.25, 0.3) is 0 Å². The summed E-state index contributed by atoms with van der Waals surface area (Å²) in [5.74, 6) is 0. The Morgan fingerprint density at radius 1 is 0.545 bits per heavy atom. The van der Waals surface area contributed by atoms with E-state index >= 15 is 0 Å². The third-order valence-electron chi connectivity index (χ3n) is 5.67. The van der Waals surface area contributed by atoms with Gasteiger partial charge in [0.25, 0.3) is 0 Å². The summed E-state index contributed by atoms with van der Waals surface area (Å²) >= 11 is 0. The second kappa shape index (κ2) is 11.8. The molecule has 0 aromatic heterocycles. The molecule has 0 rings (SSSR count). The van der Waals surface area contributed by atoms with Crippen molar-refractivity contribution < 1.29 is 0 Å². The van der Waals surface area contributed by atoms with E-state index in [9.17, 15) is 0 Å². The zero-order valence-electron chi connectivity index (χ0n) is 17.0. The lowest BCUT2D eigenvalue weighted by molar-refractivity contribution is 0.259. The molecular formula is C18H44N2Si2. The highest BCUT2D eigenvalue weighted by Crippen LogP contribution is 2.18. The minimum atomic E-state index is -0.136. The van der Waals surface area contributed by atoms with E-state index in [0.717, 1.165) is 29.3 Å². The number of hydrogen-bond acceptors (Lipinski definition) is 2. The maximum absolute atomic E-state index is 2.91. The number of hydrogen-bond donors (Lipinski definition) is 0. The molecule has 4 unspecified atom stereocenters. The molecule has 4 heteroatoms. The fourth-order valence-corrected chi connectivity index (χ4v) is 9.47. The second-order valence-corrected chi connectivity index (χ2v) is 13.7. The Morgan fingerprint density at radius 3 is 0.955 bits per heavy atom. The normalized spacial score (nSPS) is 20.3. The van der Waals surface area contributed by atoms with Crippen LogP contribution in [0.1, 0.15) is 88.0 Å². The lowest BCUT2D eigenvalue weighted by atomic mass is 10.2. The van der Waals surface area contributed by atoms with Crippen molar-refractivity contribution in [3.8, 4) is 0 Å². The first-order valence-electron chi connectivity index (χ1n) is 9.83. The molecule has 0 aliphatic heterocycles. The van der Waals surface area contributed by atoms with Crippen molar-refractivity contribution in [1.29, 1.82) is 0 Å². The minimum Gasteiger partial charge on any atom is -0.324 e. The Balaban J connectivity index is 4.80. The van der Waals surface area contributed by atoms with Crippen LogP contribution in [0.15, 0.2) is 0 Å². The van der Waals surface area contributed by atoms with Crippen LogP contribution in [0, 0.1) is 0 Å². The quantitative estimate of drug-likeness (QED) is 0.498. The van der Waals surface area contributed by atoms with Crippen LogP contribution in [0.2, 0.25) is 5.16 Å². The van der Waals surface area contributed by atoms with Crippen LogP contribution in [-0.2, 0) is 0 Å². The van der Waals surface area contributed by atoms with Gasteiger partial charge in [0.2, 0.25) is 0 Å². The Hall–Kier alpha value is 0.354. The summed E-state index contributed by atoms with van der Waals surface area (Å²) in [6.07, 6.45) is 5.19. The fraction of sp³-hybridized carbons (Fsp3) is 1.00. The number of rotatable bonds is 12. The van der Waals surface area contributed by atoms with E-state index in [4.69, 9.17) is 0 Å². The van der Waals surface area contributed by atoms with Gasteiger partial charge in [-0.05, 0) is 55.0 Å². The van der Waals surface area contributed by atoms with Crippen molar-refractivity contribution in [3.05, 3.63) is 0 Å². The lowest BCUT2D eigenvalue weighted by Crippen LogP contribution is -2.49. The van der Waals surface area contributed by atoms with Gasteiger partial charge in [0.05, 0.1) is 19.4 Å². The van der Waals surface area contributed by atoms with Crippen molar-refractivity contribution in [2.24, 2.45) is 0 Å². The van der Waals surface area contributed by atoms with Crippen LogP contribution in [0.5, 0.6) is 0 Å². The van der Waals surface area contributed by atoms with Crippen LogP contribution < -0.4 is 0 Å². The molecule has 0 N–H and O–H groups in total. The summed E-state index contributed by atoms with van der Waals surface area (Å²) in [6, 6.07) is 3.11. The average molecular weight is 345 g/mol. The van der Waals surface area contributed by atoms with Crippen molar-refractivity contribution in [2.45, 2.75) is 117 Å². The van der Waals surface area contributed by atoms with E-state index in [1.165, 1.54) is 25.7 Å². The topological polar surface area (TPSA) is 6.48 Å². The molecule has 0 aromatic carbocycles.